The number of carbonyl (C=O) groups is 2. The van der Waals surface area contributed by atoms with Crippen LogP contribution in [-0.2, 0) is 11.2 Å². The summed E-state index contributed by atoms with van der Waals surface area (Å²) in [6, 6.07) is 2.45. The van der Waals surface area contributed by atoms with Crippen molar-refractivity contribution in [2.45, 2.75) is 110 Å². The second kappa shape index (κ2) is 13.8. The third-order valence-corrected chi connectivity index (χ3v) is 9.46. The number of pyridine rings is 1. The fraction of sp³-hybridized carbons (Fsp3) is 0.606. The molecule has 0 spiro atoms. The van der Waals surface area contributed by atoms with E-state index in [4.69, 9.17) is 4.52 Å². The second-order valence-corrected chi connectivity index (χ2v) is 12.6. The van der Waals surface area contributed by atoms with Gasteiger partial charge in [-0.05, 0) is 49.1 Å². The summed E-state index contributed by atoms with van der Waals surface area (Å²) in [5, 5.41) is 17.2. The van der Waals surface area contributed by atoms with Gasteiger partial charge >= 0.3 is 0 Å². The van der Waals surface area contributed by atoms with Crippen LogP contribution in [0.15, 0.2) is 22.9 Å². The fourth-order valence-corrected chi connectivity index (χ4v) is 7.34. The van der Waals surface area contributed by atoms with Crippen LogP contribution in [0.1, 0.15) is 118 Å². The van der Waals surface area contributed by atoms with Crippen molar-refractivity contribution >= 4 is 17.6 Å². The maximum atomic E-state index is 15.4. The molecule has 3 aromatic heterocycles. The zero-order valence-corrected chi connectivity index (χ0v) is 25.8. The van der Waals surface area contributed by atoms with E-state index in [1.807, 2.05) is 27.7 Å². The van der Waals surface area contributed by atoms with Crippen LogP contribution in [0.3, 0.4) is 0 Å². The highest BCUT2D eigenvalue weighted by Crippen LogP contribution is 2.42. The Labute approximate surface area is 253 Å². The van der Waals surface area contributed by atoms with Gasteiger partial charge in [0.25, 0.3) is 5.91 Å². The first-order chi connectivity index (χ1) is 20.8. The Balaban J connectivity index is 1.46. The van der Waals surface area contributed by atoms with Crippen molar-refractivity contribution in [3.63, 3.8) is 0 Å². The number of aryl methyl sites for hydroxylation is 2. The van der Waals surface area contributed by atoms with Crippen molar-refractivity contribution in [3.05, 3.63) is 47.0 Å². The van der Waals surface area contributed by atoms with Crippen molar-refractivity contribution in [2.75, 3.05) is 5.32 Å². The zero-order valence-electron chi connectivity index (χ0n) is 25.8. The molecule has 0 unspecified atom stereocenters. The molecule has 3 N–H and O–H groups in total. The number of anilines is 1. The molecule has 0 radical (unpaired) electrons. The number of rotatable bonds is 10. The molecule has 1 atom stereocenters. The summed E-state index contributed by atoms with van der Waals surface area (Å²) in [5.74, 6) is -0.714. The minimum absolute atomic E-state index is 0.0166. The predicted octanol–water partition coefficient (Wildman–Crippen LogP) is 7.11. The van der Waals surface area contributed by atoms with E-state index in [2.05, 4.69) is 31.0 Å². The normalized spacial score (nSPS) is 17.4. The van der Waals surface area contributed by atoms with Gasteiger partial charge in [0.1, 0.15) is 23.7 Å². The van der Waals surface area contributed by atoms with Gasteiger partial charge in [-0.3, -0.25) is 14.7 Å². The van der Waals surface area contributed by atoms with Crippen molar-refractivity contribution in [1.82, 2.24) is 25.7 Å². The molecule has 2 fully saturated rings. The molecule has 2 saturated carbocycles. The summed E-state index contributed by atoms with van der Waals surface area (Å²) >= 11 is 0. The molecule has 43 heavy (non-hydrogen) atoms. The van der Waals surface area contributed by atoms with Gasteiger partial charge in [0.2, 0.25) is 11.9 Å². The van der Waals surface area contributed by atoms with E-state index in [0.717, 1.165) is 62.8 Å². The van der Waals surface area contributed by atoms with Gasteiger partial charge in [-0.15, -0.1) is 0 Å². The van der Waals surface area contributed by atoms with Gasteiger partial charge < -0.3 is 15.2 Å². The Morgan fingerprint density at radius 1 is 1.05 bits per heavy atom. The van der Waals surface area contributed by atoms with Crippen molar-refractivity contribution in [2.24, 2.45) is 17.8 Å². The number of carbonyl (C=O) groups excluding carboxylic acids is 2. The van der Waals surface area contributed by atoms with Gasteiger partial charge in [-0.1, -0.05) is 90.1 Å². The van der Waals surface area contributed by atoms with Gasteiger partial charge in [-0.2, -0.15) is 9.49 Å². The first kappa shape index (κ1) is 30.9. The SMILES string of the molecule is CCc1n[nH]c(C)c1-c1ccc(NC(=O)[C@@H](NC(=O)c2conc2C(C)C)C(C2CCCCC2)C2CCCCC2)nc1F. The molecule has 0 bridgehead atoms. The van der Waals surface area contributed by atoms with Gasteiger partial charge in [0.15, 0.2) is 0 Å². The molecule has 3 aromatic rings. The molecular formula is C33H45FN6O3. The number of aromatic nitrogens is 4. The largest absolute Gasteiger partial charge is 0.364 e. The quantitative estimate of drug-likeness (QED) is 0.216. The second-order valence-electron chi connectivity index (χ2n) is 12.6. The topological polar surface area (TPSA) is 126 Å². The summed E-state index contributed by atoms with van der Waals surface area (Å²) in [7, 11) is 0. The number of H-pyrrole nitrogens is 1. The van der Waals surface area contributed by atoms with Crippen LogP contribution < -0.4 is 10.6 Å². The maximum absolute atomic E-state index is 15.4. The molecule has 0 aliphatic heterocycles. The molecule has 2 aliphatic rings. The van der Waals surface area contributed by atoms with E-state index in [9.17, 15) is 9.59 Å². The Bertz CT molecular complexity index is 1390. The molecule has 5 rings (SSSR count). The first-order valence-corrected chi connectivity index (χ1v) is 16.0. The van der Waals surface area contributed by atoms with Gasteiger partial charge in [-0.25, -0.2) is 4.98 Å². The van der Waals surface area contributed by atoms with Crippen LogP contribution in [0, 0.1) is 30.6 Å². The lowest BCUT2D eigenvalue weighted by molar-refractivity contribution is -0.121. The molecule has 0 saturated heterocycles. The van der Waals surface area contributed by atoms with E-state index >= 15 is 4.39 Å². The van der Waals surface area contributed by atoms with Gasteiger partial charge in [0.05, 0.1) is 11.4 Å². The molecule has 232 valence electrons. The number of nitrogens with zero attached hydrogens (tertiary/aromatic N) is 3. The number of hydrogen-bond donors (Lipinski definition) is 3. The van der Waals surface area contributed by atoms with E-state index in [1.165, 1.54) is 19.1 Å². The molecule has 0 aromatic carbocycles. The minimum Gasteiger partial charge on any atom is -0.364 e. The van der Waals surface area contributed by atoms with E-state index in [-0.39, 0.29) is 29.5 Å². The Kier molecular flexibility index (Phi) is 9.93. The van der Waals surface area contributed by atoms with Crippen LogP contribution in [0.2, 0.25) is 0 Å². The number of halogens is 1. The van der Waals surface area contributed by atoms with Crippen LogP contribution in [0.4, 0.5) is 10.2 Å². The summed E-state index contributed by atoms with van der Waals surface area (Å²) in [6.07, 6.45) is 13.0. The highest BCUT2D eigenvalue weighted by Gasteiger charge is 2.41. The molecule has 9 nitrogen and oxygen atoms in total. The lowest BCUT2D eigenvalue weighted by atomic mass is 9.66. The third-order valence-electron chi connectivity index (χ3n) is 9.46. The average molecular weight is 593 g/mol. The summed E-state index contributed by atoms with van der Waals surface area (Å²) in [4.78, 5) is 32.1. The maximum Gasteiger partial charge on any atom is 0.257 e. The Morgan fingerprint density at radius 2 is 1.70 bits per heavy atom. The monoisotopic (exact) mass is 592 g/mol. The van der Waals surface area contributed by atoms with E-state index < -0.39 is 12.0 Å². The summed E-state index contributed by atoms with van der Waals surface area (Å²) < 4.78 is 20.6. The van der Waals surface area contributed by atoms with Crippen LogP contribution in [0.25, 0.3) is 11.1 Å². The molecule has 3 heterocycles. The minimum atomic E-state index is -0.805. The lowest BCUT2D eigenvalue weighted by Crippen LogP contribution is -2.53. The van der Waals surface area contributed by atoms with Crippen LogP contribution in [-0.4, -0.2) is 38.2 Å². The van der Waals surface area contributed by atoms with Crippen LogP contribution >= 0.6 is 0 Å². The predicted molar refractivity (Wildman–Crippen MR) is 163 cm³/mol. The number of hydrogen-bond acceptors (Lipinski definition) is 6. The zero-order chi connectivity index (χ0) is 30.5. The highest BCUT2D eigenvalue weighted by molar-refractivity contribution is 6.01. The fourth-order valence-electron chi connectivity index (χ4n) is 7.34. The molecule has 2 amide bonds. The summed E-state index contributed by atoms with van der Waals surface area (Å²) in [6.45, 7) is 7.71. The van der Waals surface area contributed by atoms with Crippen LogP contribution in [0.5, 0.6) is 0 Å². The molecule has 2 aliphatic carbocycles. The number of amides is 2. The Morgan fingerprint density at radius 3 is 2.28 bits per heavy atom. The van der Waals surface area contributed by atoms with Crippen molar-refractivity contribution < 1.29 is 18.5 Å². The first-order valence-electron chi connectivity index (χ1n) is 16.0. The van der Waals surface area contributed by atoms with Gasteiger partial charge in [0, 0.05) is 16.8 Å². The highest BCUT2D eigenvalue weighted by atomic mass is 19.1. The number of nitrogens with one attached hydrogen (secondary N) is 3. The molecule has 10 heteroatoms. The standard InChI is InChI=1S/C33H45FN6O3/c1-5-25-27(20(4)38-39-25)23-16-17-26(35-31(23)34)36-33(42)30(37-32(41)24-18-43-40-29(24)19(2)3)28(21-12-8-6-9-13-21)22-14-10-7-11-15-22/h16-19,21-22,28,30H,5-15H2,1-4H3,(H,37,41)(H,38,39)(H,35,36,42)/t30-/m0/s1. The van der Waals surface area contributed by atoms with Crippen molar-refractivity contribution in [3.8, 4) is 11.1 Å². The lowest BCUT2D eigenvalue weighted by Gasteiger charge is -2.41. The Hall–Kier alpha value is -3.56. The third kappa shape index (κ3) is 6.83. The number of aromatic amines is 1. The summed E-state index contributed by atoms with van der Waals surface area (Å²) in [5.41, 5.74) is 3.45. The van der Waals surface area contributed by atoms with E-state index in [1.54, 1.807) is 12.1 Å². The van der Waals surface area contributed by atoms with E-state index in [0.29, 0.717) is 40.6 Å². The smallest absolute Gasteiger partial charge is 0.257 e. The molecular weight excluding hydrogens is 547 g/mol. The average Bonchev–Trinajstić information content (AvgIpc) is 3.65. The van der Waals surface area contributed by atoms with Crippen molar-refractivity contribution in [1.29, 1.82) is 0 Å².